The molecule has 0 heterocycles. The number of ether oxygens (including phenoxy) is 1. The molecule has 0 aromatic carbocycles. The first-order valence-corrected chi connectivity index (χ1v) is 7.75. The topological polar surface area (TPSA) is 41.5 Å². The molecule has 2 fully saturated rings. The zero-order chi connectivity index (χ0) is 13.5. The lowest BCUT2D eigenvalue weighted by molar-refractivity contribution is -0.0235. The van der Waals surface area contributed by atoms with Crippen molar-refractivity contribution in [3.05, 3.63) is 11.6 Å². The lowest BCUT2D eigenvalue weighted by Gasteiger charge is -2.56. The molecule has 4 rings (SSSR count). The zero-order valence-electron chi connectivity index (χ0n) is 12.2. The van der Waals surface area contributed by atoms with Crippen molar-refractivity contribution in [3.63, 3.8) is 0 Å². The van der Waals surface area contributed by atoms with E-state index in [1.807, 2.05) is 0 Å². The minimum Gasteiger partial charge on any atom is -0.389 e. The van der Waals surface area contributed by atoms with E-state index in [1.54, 1.807) is 0 Å². The molecule has 0 unspecified atom stereocenters. The van der Waals surface area contributed by atoms with Crippen LogP contribution in [0.2, 0.25) is 0 Å². The van der Waals surface area contributed by atoms with Gasteiger partial charge in [-0.2, -0.15) is 0 Å². The van der Waals surface area contributed by atoms with Gasteiger partial charge in [-0.1, -0.05) is 19.9 Å². The van der Waals surface area contributed by atoms with Crippen LogP contribution in [0.3, 0.4) is 0 Å². The summed E-state index contributed by atoms with van der Waals surface area (Å²) < 4.78 is 5.72. The Morgan fingerprint density at radius 1 is 1.47 bits per heavy atom. The van der Waals surface area contributed by atoms with E-state index in [-0.39, 0.29) is 6.10 Å². The number of allylic oxidation sites excluding steroid dienone is 1. The molecule has 0 aromatic rings. The minimum absolute atomic E-state index is 0.369. The summed E-state index contributed by atoms with van der Waals surface area (Å²) in [4.78, 5) is 0. The van der Waals surface area contributed by atoms with Crippen molar-refractivity contribution in [2.75, 3.05) is 19.8 Å². The van der Waals surface area contributed by atoms with Crippen LogP contribution in [0.4, 0.5) is 0 Å². The van der Waals surface area contributed by atoms with Crippen LogP contribution in [0.1, 0.15) is 39.5 Å². The van der Waals surface area contributed by atoms with Gasteiger partial charge < -0.3 is 15.2 Å². The van der Waals surface area contributed by atoms with Crippen LogP contribution < -0.4 is 5.32 Å². The first-order valence-electron chi connectivity index (χ1n) is 7.75. The molecular weight excluding hydrogens is 238 g/mol. The molecule has 4 aliphatic carbocycles. The average Bonchev–Trinajstić information content (AvgIpc) is 3.20. The number of fused-ring (bicyclic) bond motifs is 1. The molecule has 0 radical (unpaired) electrons. The summed E-state index contributed by atoms with van der Waals surface area (Å²) in [5, 5.41) is 13.2. The molecule has 3 nitrogen and oxygen atoms in total. The van der Waals surface area contributed by atoms with Crippen LogP contribution in [0.15, 0.2) is 11.6 Å². The highest BCUT2D eigenvalue weighted by molar-refractivity contribution is 5.23. The summed E-state index contributed by atoms with van der Waals surface area (Å²) in [6, 6.07) is 0.656. The average molecular weight is 265 g/mol. The SMILES string of the molecule is CC1(C)[C@H]2CC=C(COC[C@H](O)CNC3CC3)[C@@H]1C2. The highest BCUT2D eigenvalue weighted by Crippen LogP contribution is 2.59. The molecule has 19 heavy (non-hydrogen) atoms. The van der Waals surface area contributed by atoms with Gasteiger partial charge in [0.25, 0.3) is 0 Å². The van der Waals surface area contributed by atoms with E-state index >= 15 is 0 Å². The summed E-state index contributed by atoms with van der Waals surface area (Å²) in [7, 11) is 0. The van der Waals surface area contributed by atoms with Crippen molar-refractivity contribution in [1.82, 2.24) is 5.32 Å². The maximum absolute atomic E-state index is 9.83. The summed E-state index contributed by atoms with van der Waals surface area (Å²) in [5.41, 5.74) is 1.94. The highest BCUT2D eigenvalue weighted by atomic mass is 16.5. The Kier molecular flexibility index (Phi) is 3.71. The standard InChI is InChI=1S/C16H27NO2/c1-16(2)12-4-3-11(15(16)7-12)9-19-10-14(18)8-17-13-5-6-13/h3,12-15,17-18H,4-10H2,1-2H3/t12-,14+,15-/m0/s1. The van der Waals surface area contributed by atoms with Gasteiger partial charge in [-0.3, -0.25) is 0 Å². The fourth-order valence-corrected chi connectivity index (χ4v) is 3.60. The van der Waals surface area contributed by atoms with Gasteiger partial charge in [0.2, 0.25) is 0 Å². The van der Waals surface area contributed by atoms with E-state index in [0.717, 1.165) is 5.92 Å². The molecule has 0 amide bonds. The third kappa shape index (κ3) is 2.88. The summed E-state index contributed by atoms with van der Waals surface area (Å²) in [5.74, 6) is 1.60. The molecule has 0 aliphatic heterocycles. The van der Waals surface area contributed by atoms with E-state index in [0.29, 0.717) is 37.1 Å². The molecule has 2 bridgehead atoms. The van der Waals surface area contributed by atoms with Crippen molar-refractivity contribution >= 4 is 0 Å². The smallest absolute Gasteiger partial charge is 0.0897 e. The number of hydrogen-bond donors (Lipinski definition) is 2. The van der Waals surface area contributed by atoms with E-state index < -0.39 is 0 Å². The van der Waals surface area contributed by atoms with Crippen LogP contribution in [0, 0.1) is 17.3 Å². The van der Waals surface area contributed by atoms with Crippen molar-refractivity contribution in [2.45, 2.75) is 51.7 Å². The maximum atomic E-state index is 9.83. The summed E-state index contributed by atoms with van der Waals surface area (Å²) >= 11 is 0. The van der Waals surface area contributed by atoms with Gasteiger partial charge >= 0.3 is 0 Å². The third-order valence-electron chi connectivity index (χ3n) is 5.38. The number of nitrogens with one attached hydrogen (secondary N) is 1. The summed E-state index contributed by atoms with van der Waals surface area (Å²) in [6.07, 6.45) is 7.09. The van der Waals surface area contributed by atoms with E-state index in [1.165, 1.54) is 31.3 Å². The minimum atomic E-state index is -0.369. The molecule has 4 aliphatic rings. The molecule has 108 valence electrons. The third-order valence-corrected chi connectivity index (χ3v) is 5.38. The second-order valence-corrected chi connectivity index (χ2v) is 7.17. The van der Waals surface area contributed by atoms with Gasteiger partial charge in [0, 0.05) is 12.6 Å². The largest absolute Gasteiger partial charge is 0.389 e. The van der Waals surface area contributed by atoms with Crippen LogP contribution in [-0.2, 0) is 4.74 Å². The summed E-state index contributed by atoms with van der Waals surface area (Å²) in [6.45, 7) is 6.59. The van der Waals surface area contributed by atoms with Crippen molar-refractivity contribution in [3.8, 4) is 0 Å². The van der Waals surface area contributed by atoms with Crippen LogP contribution in [0.5, 0.6) is 0 Å². The predicted molar refractivity (Wildman–Crippen MR) is 75.9 cm³/mol. The molecule has 3 heteroatoms. The van der Waals surface area contributed by atoms with Gasteiger partial charge in [-0.25, -0.2) is 0 Å². The van der Waals surface area contributed by atoms with Crippen LogP contribution in [0.25, 0.3) is 0 Å². The van der Waals surface area contributed by atoms with Crippen molar-refractivity contribution in [2.24, 2.45) is 17.3 Å². The van der Waals surface area contributed by atoms with Crippen molar-refractivity contribution < 1.29 is 9.84 Å². The first kappa shape index (κ1) is 13.6. The van der Waals surface area contributed by atoms with Gasteiger partial charge in [-0.15, -0.1) is 0 Å². The van der Waals surface area contributed by atoms with Crippen molar-refractivity contribution in [1.29, 1.82) is 0 Å². The van der Waals surface area contributed by atoms with E-state index in [4.69, 9.17) is 4.74 Å². The Balaban J connectivity index is 1.36. The second-order valence-electron chi connectivity index (χ2n) is 7.17. The molecule has 2 saturated carbocycles. The van der Waals surface area contributed by atoms with Gasteiger partial charge in [0.15, 0.2) is 0 Å². The highest BCUT2D eigenvalue weighted by Gasteiger charge is 2.50. The Labute approximate surface area is 116 Å². The molecule has 0 aromatic heterocycles. The van der Waals surface area contributed by atoms with Crippen LogP contribution >= 0.6 is 0 Å². The van der Waals surface area contributed by atoms with Gasteiger partial charge in [0.05, 0.1) is 19.3 Å². The fraction of sp³-hybridized carbons (Fsp3) is 0.875. The number of hydrogen-bond acceptors (Lipinski definition) is 3. The Morgan fingerprint density at radius 2 is 2.26 bits per heavy atom. The quantitative estimate of drug-likeness (QED) is 0.693. The van der Waals surface area contributed by atoms with E-state index in [2.05, 4.69) is 25.2 Å². The Morgan fingerprint density at radius 3 is 2.89 bits per heavy atom. The lowest BCUT2D eigenvalue weighted by atomic mass is 9.49. The van der Waals surface area contributed by atoms with Crippen LogP contribution in [-0.4, -0.2) is 37.0 Å². The maximum Gasteiger partial charge on any atom is 0.0897 e. The monoisotopic (exact) mass is 265 g/mol. The molecule has 3 atom stereocenters. The van der Waals surface area contributed by atoms with Gasteiger partial charge in [-0.05, 0) is 48.5 Å². The number of rotatable bonds is 7. The number of aliphatic hydroxyl groups is 1. The molecule has 0 spiro atoms. The Bertz CT molecular complexity index is 360. The normalized spacial score (nSPS) is 33.5. The van der Waals surface area contributed by atoms with Gasteiger partial charge in [0.1, 0.15) is 0 Å². The molecular formula is C16H27NO2. The first-order chi connectivity index (χ1) is 9.07. The fourth-order valence-electron chi connectivity index (χ4n) is 3.60. The molecule has 2 N–H and O–H groups in total. The Hall–Kier alpha value is -0.380. The zero-order valence-corrected chi connectivity index (χ0v) is 12.2. The second kappa shape index (κ2) is 5.19. The molecule has 0 saturated heterocycles. The lowest BCUT2D eigenvalue weighted by Crippen LogP contribution is -2.48. The van der Waals surface area contributed by atoms with E-state index in [9.17, 15) is 5.11 Å². The predicted octanol–water partition coefficient (Wildman–Crippen LogP) is 2.11. The number of aliphatic hydroxyl groups excluding tert-OH is 1.